The lowest BCUT2D eigenvalue weighted by atomic mass is 9.97. The Morgan fingerprint density at radius 2 is 0.422 bits per heavy atom. The van der Waals surface area contributed by atoms with E-state index in [0.717, 1.165) is 37.1 Å². The minimum Gasteiger partial charge on any atom is -0.311 e. The van der Waals surface area contributed by atoms with Crippen molar-refractivity contribution in [2.24, 2.45) is 0 Å². The van der Waals surface area contributed by atoms with Crippen molar-refractivity contribution < 1.29 is 0 Å². The third kappa shape index (κ3) is 11.2. The van der Waals surface area contributed by atoms with Crippen LogP contribution >= 0.6 is 0 Å². The minimum atomic E-state index is 0.546. The van der Waals surface area contributed by atoms with Crippen molar-refractivity contribution in [1.82, 2.24) is 0 Å². The largest absolute Gasteiger partial charge is 0.311 e. The molecule has 2 nitrogen and oxygen atoms in total. The summed E-state index contributed by atoms with van der Waals surface area (Å²) in [6.45, 7) is 18.2. The first-order valence-corrected chi connectivity index (χ1v) is 23.8. The van der Waals surface area contributed by atoms with Gasteiger partial charge in [0.1, 0.15) is 0 Å². The van der Waals surface area contributed by atoms with Crippen molar-refractivity contribution in [2.45, 2.75) is 105 Å². The number of hydrogen-bond donors (Lipinski definition) is 0. The highest BCUT2D eigenvalue weighted by atomic mass is 15.1. The molecule has 4 atom stereocenters. The van der Waals surface area contributed by atoms with Crippen molar-refractivity contribution in [3.8, 4) is 0 Å². The number of anilines is 6. The van der Waals surface area contributed by atoms with Crippen LogP contribution < -0.4 is 9.80 Å². The van der Waals surface area contributed by atoms with Crippen LogP contribution in [-0.4, -0.2) is 0 Å². The van der Waals surface area contributed by atoms with E-state index in [9.17, 15) is 0 Å². The highest BCUT2D eigenvalue weighted by molar-refractivity contribution is 5.80. The van der Waals surface area contributed by atoms with Crippen LogP contribution in [0.2, 0.25) is 0 Å². The van der Waals surface area contributed by atoms with E-state index in [4.69, 9.17) is 0 Å². The average molecular weight is 841 g/mol. The van der Waals surface area contributed by atoms with E-state index in [0.29, 0.717) is 23.7 Å². The Kier molecular flexibility index (Phi) is 15.6. The fraction of sp³-hybridized carbons (Fsp3) is 0.258. The molecule has 4 unspecified atom stereocenters. The summed E-state index contributed by atoms with van der Waals surface area (Å²) in [5.74, 6) is 2.18. The molecule has 0 saturated heterocycles. The zero-order valence-corrected chi connectivity index (χ0v) is 39.5. The summed E-state index contributed by atoms with van der Waals surface area (Å²) >= 11 is 0. The van der Waals surface area contributed by atoms with E-state index in [1.165, 1.54) is 67.3 Å². The average Bonchev–Trinajstić information content (AvgIpc) is 3.36. The normalized spacial score (nSPS) is 13.5. The first-order valence-electron chi connectivity index (χ1n) is 23.8. The Morgan fingerprint density at radius 1 is 0.266 bits per heavy atom. The highest BCUT2D eigenvalue weighted by Gasteiger charge is 2.16. The second kappa shape index (κ2) is 21.8. The van der Waals surface area contributed by atoms with Gasteiger partial charge >= 0.3 is 0 Å². The van der Waals surface area contributed by atoms with Crippen molar-refractivity contribution in [2.75, 3.05) is 9.80 Å². The van der Waals surface area contributed by atoms with Gasteiger partial charge in [-0.05, 0) is 167 Å². The van der Waals surface area contributed by atoms with Gasteiger partial charge in [0.2, 0.25) is 0 Å². The van der Waals surface area contributed by atoms with Gasteiger partial charge in [0.15, 0.2) is 0 Å². The van der Waals surface area contributed by atoms with E-state index in [2.05, 4.69) is 259 Å². The predicted molar refractivity (Wildman–Crippen MR) is 281 cm³/mol. The first kappa shape index (κ1) is 45.6. The van der Waals surface area contributed by atoms with Gasteiger partial charge in [-0.2, -0.15) is 0 Å². The van der Waals surface area contributed by atoms with Crippen LogP contribution in [0.4, 0.5) is 34.1 Å². The Balaban J connectivity index is 1.03. The molecule has 0 aromatic heterocycles. The van der Waals surface area contributed by atoms with Gasteiger partial charge in [-0.3, -0.25) is 0 Å². The molecule has 7 aromatic rings. The molecule has 0 N–H and O–H groups in total. The summed E-state index contributed by atoms with van der Waals surface area (Å²) in [6.07, 6.45) is 13.3. The van der Waals surface area contributed by atoms with E-state index in [-0.39, 0.29) is 0 Å². The van der Waals surface area contributed by atoms with Crippen molar-refractivity contribution >= 4 is 58.4 Å². The fourth-order valence-corrected chi connectivity index (χ4v) is 8.22. The van der Waals surface area contributed by atoms with Gasteiger partial charge in [-0.25, -0.2) is 0 Å². The van der Waals surface area contributed by atoms with Gasteiger partial charge in [0, 0.05) is 34.1 Å². The van der Waals surface area contributed by atoms with Gasteiger partial charge in [0.05, 0.1) is 0 Å². The van der Waals surface area contributed by atoms with Crippen LogP contribution in [0.25, 0.3) is 24.3 Å². The maximum absolute atomic E-state index is 2.37. The van der Waals surface area contributed by atoms with Crippen molar-refractivity contribution in [3.63, 3.8) is 0 Å². The van der Waals surface area contributed by atoms with Crippen molar-refractivity contribution in [1.29, 1.82) is 0 Å². The lowest BCUT2D eigenvalue weighted by Crippen LogP contribution is -2.10. The van der Waals surface area contributed by atoms with Crippen LogP contribution in [0.5, 0.6) is 0 Å². The van der Waals surface area contributed by atoms with Crippen LogP contribution in [0.15, 0.2) is 170 Å². The van der Waals surface area contributed by atoms with Crippen molar-refractivity contribution in [3.05, 3.63) is 214 Å². The molecule has 7 rings (SSSR count). The summed E-state index contributed by atoms with van der Waals surface area (Å²) in [4.78, 5) is 4.73. The van der Waals surface area contributed by atoms with Crippen LogP contribution in [0, 0.1) is 0 Å². The molecule has 0 radical (unpaired) electrons. The Hall–Kier alpha value is -6.38. The molecule has 0 spiro atoms. The number of benzene rings is 7. The quantitative estimate of drug-likeness (QED) is 0.0794. The van der Waals surface area contributed by atoms with E-state index in [1.54, 1.807) is 0 Å². The van der Waals surface area contributed by atoms with E-state index < -0.39 is 0 Å². The van der Waals surface area contributed by atoms with Gasteiger partial charge in [-0.15, -0.1) is 0 Å². The third-order valence-corrected chi connectivity index (χ3v) is 13.5. The topological polar surface area (TPSA) is 6.48 Å². The monoisotopic (exact) mass is 841 g/mol. The second-order valence-corrected chi connectivity index (χ2v) is 17.8. The Bertz CT molecular complexity index is 2250. The Morgan fingerprint density at radius 3 is 0.594 bits per heavy atom. The molecule has 2 heteroatoms. The first-order chi connectivity index (χ1) is 31.2. The summed E-state index contributed by atoms with van der Waals surface area (Å²) in [5.41, 5.74) is 17.2. The fourth-order valence-electron chi connectivity index (χ4n) is 8.22. The summed E-state index contributed by atoms with van der Waals surface area (Å²) in [7, 11) is 0. The van der Waals surface area contributed by atoms with E-state index >= 15 is 0 Å². The maximum atomic E-state index is 2.37. The predicted octanol–water partition coefficient (Wildman–Crippen LogP) is 19.0. The lowest BCUT2D eigenvalue weighted by molar-refractivity contribution is 0.733. The molecule has 326 valence electrons. The molecule has 64 heavy (non-hydrogen) atoms. The third-order valence-electron chi connectivity index (χ3n) is 13.5. The highest BCUT2D eigenvalue weighted by Crippen LogP contribution is 2.38. The molecular weight excluding hydrogens is 773 g/mol. The second-order valence-electron chi connectivity index (χ2n) is 17.8. The van der Waals surface area contributed by atoms with Crippen LogP contribution in [0.1, 0.15) is 149 Å². The van der Waals surface area contributed by atoms with Gasteiger partial charge < -0.3 is 9.80 Å². The zero-order valence-electron chi connectivity index (χ0n) is 39.5. The van der Waals surface area contributed by atoms with E-state index in [1.807, 2.05) is 0 Å². The minimum absolute atomic E-state index is 0.546. The van der Waals surface area contributed by atoms with Crippen LogP contribution in [0.3, 0.4) is 0 Å². The van der Waals surface area contributed by atoms with Gasteiger partial charge in [-0.1, -0.05) is 177 Å². The molecular formula is C62H68N2. The smallest absolute Gasteiger partial charge is 0.0462 e. The molecule has 7 aromatic carbocycles. The molecule has 0 bridgehead atoms. The molecule has 0 aliphatic rings. The summed E-state index contributed by atoms with van der Waals surface area (Å²) in [6, 6.07) is 63.0. The standard InChI is InChI=1S/C62H68N2/c1-9-45(5)53-25-37-59(38-26-53)63(60-39-27-54(28-40-60)46(6)10-2)57-33-21-51(22-34-57)19-17-49-13-15-50(16-14-49)18-20-52-23-35-58(36-24-52)64(61-41-29-55(30-42-61)47(7)11-3)62-43-31-56(32-44-62)48(8)12-4/h13-48H,9-12H2,1-8H3. The summed E-state index contributed by atoms with van der Waals surface area (Å²) in [5, 5.41) is 0. The van der Waals surface area contributed by atoms with Gasteiger partial charge in [0.25, 0.3) is 0 Å². The molecule has 0 saturated carbocycles. The molecule has 0 heterocycles. The van der Waals surface area contributed by atoms with Crippen LogP contribution in [-0.2, 0) is 0 Å². The maximum Gasteiger partial charge on any atom is 0.0462 e. The SMILES string of the molecule is CCC(C)c1ccc(N(c2ccc(C=Cc3ccc(C=Cc4ccc(N(c5ccc(C(C)CC)cc5)c5ccc(C(C)CC)cc5)cc4)cc3)cc2)c2ccc(C(C)CC)cc2)cc1. The molecule has 0 amide bonds. The Labute approximate surface area is 385 Å². The zero-order chi connectivity index (χ0) is 45.0. The molecule has 0 fully saturated rings. The number of nitrogens with zero attached hydrogens (tertiary/aromatic N) is 2. The molecule has 0 aliphatic heterocycles. The lowest BCUT2D eigenvalue weighted by Gasteiger charge is -2.26. The number of rotatable bonds is 18. The molecule has 0 aliphatic carbocycles. The number of hydrogen-bond acceptors (Lipinski definition) is 2. The summed E-state index contributed by atoms with van der Waals surface area (Å²) < 4.78 is 0.